The van der Waals surface area contributed by atoms with E-state index in [4.69, 9.17) is 0 Å². The lowest BCUT2D eigenvalue weighted by molar-refractivity contribution is -0.116. The van der Waals surface area contributed by atoms with Crippen LogP contribution in [0, 0.1) is 13.8 Å². The average Bonchev–Trinajstić information content (AvgIpc) is 2.76. The Morgan fingerprint density at radius 1 is 0.938 bits per heavy atom. The van der Waals surface area contributed by atoms with Gasteiger partial charge in [0.15, 0.2) is 0 Å². The van der Waals surface area contributed by atoms with Crippen molar-refractivity contribution in [3.05, 3.63) is 95.1 Å². The van der Waals surface area contributed by atoms with E-state index in [0.717, 1.165) is 11.1 Å². The van der Waals surface area contributed by atoms with Gasteiger partial charge in [-0.3, -0.25) is 4.79 Å². The molecule has 0 fully saturated rings. The summed E-state index contributed by atoms with van der Waals surface area (Å²) < 4.78 is 28.4. The highest BCUT2D eigenvalue weighted by atomic mass is 32.2. The summed E-state index contributed by atoms with van der Waals surface area (Å²) in [5, 5.41) is 2.83. The van der Waals surface area contributed by atoms with E-state index in [0.29, 0.717) is 17.2 Å². The smallest absolute Gasteiger partial charge is 0.244 e. The number of anilines is 1. The molecule has 0 bridgehead atoms. The van der Waals surface area contributed by atoms with Gasteiger partial charge in [-0.15, -0.1) is 0 Å². The van der Waals surface area contributed by atoms with E-state index in [1.165, 1.54) is 9.87 Å². The van der Waals surface area contributed by atoms with E-state index in [9.17, 15) is 13.2 Å². The number of rotatable bonds is 8. The number of nitrogens with one attached hydrogen (secondary N) is 1. The fraction of sp³-hybridized carbons (Fsp3) is 0.269. The van der Waals surface area contributed by atoms with Gasteiger partial charge >= 0.3 is 0 Å². The molecule has 6 heteroatoms. The van der Waals surface area contributed by atoms with Crippen LogP contribution >= 0.6 is 0 Å². The molecule has 0 saturated carbocycles. The van der Waals surface area contributed by atoms with Crippen molar-refractivity contribution in [2.75, 3.05) is 11.9 Å². The molecule has 3 aromatic rings. The average molecular weight is 451 g/mol. The lowest BCUT2D eigenvalue weighted by Gasteiger charge is -2.23. The minimum atomic E-state index is -3.89. The molecule has 0 aliphatic rings. The standard InChI is InChI=1S/C26H30N2O3S/c1-19(2)23-12-14-24(15-13-23)27-26(29)18-28(17-22-8-6-5-7-9-22)32(30,31)25-16-20(3)10-11-21(25)4/h5-16,19H,17-18H2,1-4H3,(H,27,29). The maximum absolute atomic E-state index is 13.6. The topological polar surface area (TPSA) is 66.5 Å². The van der Waals surface area contributed by atoms with Crippen LogP contribution in [0.25, 0.3) is 0 Å². The summed E-state index contributed by atoms with van der Waals surface area (Å²) in [7, 11) is -3.89. The van der Waals surface area contributed by atoms with Crippen LogP contribution in [0.1, 0.15) is 42.0 Å². The van der Waals surface area contributed by atoms with Crippen LogP contribution in [0.15, 0.2) is 77.7 Å². The lowest BCUT2D eigenvalue weighted by atomic mass is 10.0. The summed E-state index contributed by atoms with van der Waals surface area (Å²) in [5.74, 6) is 0.0101. The lowest BCUT2D eigenvalue weighted by Crippen LogP contribution is -2.37. The Balaban J connectivity index is 1.87. The number of amides is 1. The fourth-order valence-corrected chi connectivity index (χ4v) is 5.14. The van der Waals surface area contributed by atoms with Crippen molar-refractivity contribution in [3.8, 4) is 0 Å². The molecule has 0 aliphatic heterocycles. The van der Waals surface area contributed by atoms with Crippen LogP contribution in [0.2, 0.25) is 0 Å². The highest BCUT2D eigenvalue weighted by Crippen LogP contribution is 2.23. The number of sulfonamides is 1. The first kappa shape index (κ1) is 23.7. The van der Waals surface area contributed by atoms with Crippen molar-refractivity contribution in [2.45, 2.75) is 45.1 Å². The first-order valence-corrected chi connectivity index (χ1v) is 12.1. The van der Waals surface area contributed by atoms with E-state index in [2.05, 4.69) is 19.2 Å². The molecule has 0 unspecified atom stereocenters. The Kier molecular flexibility index (Phi) is 7.48. The molecule has 168 valence electrons. The molecule has 0 aromatic heterocycles. The van der Waals surface area contributed by atoms with Crippen LogP contribution in [0.5, 0.6) is 0 Å². The minimum absolute atomic E-state index is 0.107. The van der Waals surface area contributed by atoms with Crippen molar-refractivity contribution < 1.29 is 13.2 Å². The van der Waals surface area contributed by atoms with E-state index in [1.54, 1.807) is 19.1 Å². The zero-order valence-corrected chi connectivity index (χ0v) is 19.8. The summed E-state index contributed by atoms with van der Waals surface area (Å²) in [6, 6.07) is 22.2. The Hall–Kier alpha value is -2.96. The summed E-state index contributed by atoms with van der Waals surface area (Å²) >= 11 is 0. The molecular formula is C26H30N2O3S. The molecule has 5 nitrogen and oxygen atoms in total. The van der Waals surface area contributed by atoms with Gasteiger partial charge in [-0.2, -0.15) is 4.31 Å². The molecular weight excluding hydrogens is 420 g/mol. The van der Waals surface area contributed by atoms with Gasteiger partial charge in [0.2, 0.25) is 15.9 Å². The van der Waals surface area contributed by atoms with E-state index in [-0.39, 0.29) is 23.9 Å². The van der Waals surface area contributed by atoms with Gasteiger partial charge in [0, 0.05) is 12.2 Å². The molecule has 3 rings (SSSR count). The molecule has 1 N–H and O–H groups in total. The monoisotopic (exact) mass is 450 g/mol. The Labute approximate surface area is 191 Å². The molecule has 0 heterocycles. The van der Waals surface area contributed by atoms with Gasteiger partial charge in [-0.25, -0.2) is 8.42 Å². The molecule has 0 saturated heterocycles. The van der Waals surface area contributed by atoms with Crippen LogP contribution < -0.4 is 5.32 Å². The first-order chi connectivity index (χ1) is 15.2. The molecule has 0 aliphatic carbocycles. The van der Waals surface area contributed by atoms with Crippen molar-refractivity contribution in [2.24, 2.45) is 0 Å². The van der Waals surface area contributed by atoms with Crippen LogP contribution in [0.3, 0.4) is 0 Å². The maximum Gasteiger partial charge on any atom is 0.244 e. The van der Waals surface area contributed by atoms with Gasteiger partial charge in [-0.05, 0) is 60.2 Å². The third-order valence-corrected chi connectivity index (χ3v) is 7.28. The maximum atomic E-state index is 13.6. The van der Waals surface area contributed by atoms with Crippen LogP contribution in [-0.4, -0.2) is 25.2 Å². The van der Waals surface area contributed by atoms with Crippen molar-refractivity contribution in [3.63, 3.8) is 0 Å². The Morgan fingerprint density at radius 2 is 1.59 bits per heavy atom. The highest BCUT2D eigenvalue weighted by molar-refractivity contribution is 7.89. The van der Waals surface area contributed by atoms with Gasteiger partial charge in [0.25, 0.3) is 0 Å². The Morgan fingerprint density at radius 3 is 2.22 bits per heavy atom. The second kappa shape index (κ2) is 10.1. The first-order valence-electron chi connectivity index (χ1n) is 10.7. The number of hydrogen-bond donors (Lipinski definition) is 1. The van der Waals surface area contributed by atoms with Crippen molar-refractivity contribution >= 4 is 21.6 Å². The number of carbonyl (C=O) groups excluding carboxylic acids is 1. The van der Waals surface area contributed by atoms with Gasteiger partial charge < -0.3 is 5.32 Å². The van der Waals surface area contributed by atoms with Crippen LogP contribution in [-0.2, 0) is 21.4 Å². The normalized spacial score (nSPS) is 11.7. The summed E-state index contributed by atoms with van der Waals surface area (Å²) in [6.07, 6.45) is 0. The third kappa shape index (κ3) is 5.84. The Bertz CT molecular complexity index is 1170. The molecule has 3 aromatic carbocycles. The predicted octanol–water partition coefficient (Wildman–Crippen LogP) is 5.26. The summed E-state index contributed by atoms with van der Waals surface area (Å²) in [5.41, 5.74) is 4.13. The quantitative estimate of drug-likeness (QED) is 0.509. The fourth-order valence-electron chi connectivity index (χ4n) is 3.45. The second-order valence-corrected chi connectivity index (χ2v) is 10.3. The number of carbonyl (C=O) groups is 1. The van der Waals surface area contributed by atoms with E-state index >= 15 is 0 Å². The largest absolute Gasteiger partial charge is 0.325 e. The van der Waals surface area contributed by atoms with Gasteiger partial charge in [0.1, 0.15) is 0 Å². The zero-order chi connectivity index (χ0) is 23.3. The van der Waals surface area contributed by atoms with E-state index in [1.807, 2.05) is 67.6 Å². The van der Waals surface area contributed by atoms with Crippen molar-refractivity contribution in [1.82, 2.24) is 4.31 Å². The summed E-state index contributed by atoms with van der Waals surface area (Å²) in [6.45, 7) is 7.66. The summed E-state index contributed by atoms with van der Waals surface area (Å²) in [4.78, 5) is 13.1. The van der Waals surface area contributed by atoms with Gasteiger partial charge in [-0.1, -0.05) is 68.4 Å². The number of aryl methyl sites for hydroxylation is 2. The number of hydrogen-bond acceptors (Lipinski definition) is 3. The third-order valence-electron chi connectivity index (χ3n) is 5.34. The molecule has 1 amide bonds. The van der Waals surface area contributed by atoms with Crippen molar-refractivity contribution in [1.29, 1.82) is 0 Å². The molecule has 32 heavy (non-hydrogen) atoms. The number of benzene rings is 3. The molecule has 0 atom stereocenters. The zero-order valence-electron chi connectivity index (χ0n) is 19.0. The van der Waals surface area contributed by atoms with Gasteiger partial charge in [0.05, 0.1) is 11.4 Å². The van der Waals surface area contributed by atoms with Crippen LogP contribution in [0.4, 0.5) is 5.69 Å². The molecule has 0 spiro atoms. The highest BCUT2D eigenvalue weighted by Gasteiger charge is 2.28. The number of nitrogens with zero attached hydrogens (tertiary/aromatic N) is 1. The SMILES string of the molecule is Cc1ccc(C)c(S(=O)(=O)N(CC(=O)Nc2ccc(C(C)C)cc2)Cc2ccccc2)c1. The minimum Gasteiger partial charge on any atom is -0.325 e. The second-order valence-electron chi connectivity index (χ2n) is 8.35. The van der Waals surface area contributed by atoms with E-state index < -0.39 is 10.0 Å². The predicted molar refractivity (Wildman–Crippen MR) is 129 cm³/mol. The molecule has 0 radical (unpaired) electrons.